The van der Waals surface area contributed by atoms with Gasteiger partial charge in [-0.15, -0.1) is 0 Å². The van der Waals surface area contributed by atoms with E-state index >= 15 is 0 Å². The van der Waals surface area contributed by atoms with Gasteiger partial charge in [-0.05, 0) is 31.9 Å². The minimum Gasteiger partial charge on any atom is -0.342 e. The number of hydrogen-bond acceptors (Lipinski definition) is 2. The van der Waals surface area contributed by atoms with Crippen LogP contribution in [0.15, 0.2) is 18.2 Å². The van der Waals surface area contributed by atoms with Gasteiger partial charge in [-0.25, -0.2) is 4.79 Å². The largest absolute Gasteiger partial charge is 0.342 e. The average Bonchev–Trinajstić information content (AvgIpc) is 2.77. The van der Waals surface area contributed by atoms with Crippen LogP contribution in [0.1, 0.15) is 23.6 Å². The third-order valence-electron chi connectivity index (χ3n) is 4.82. The lowest BCUT2D eigenvalue weighted by molar-refractivity contribution is -0.139. The lowest BCUT2D eigenvalue weighted by Gasteiger charge is -2.38. The second-order valence-electron chi connectivity index (χ2n) is 6.55. The summed E-state index contributed by atoms with van der Waals surface area (Å²) in [7, 11) is 1.81. The molecule has 2 aliphatic rings. The van der Waals surface area contributed by atoms with Crippen molar-refractivity contribution in [3.8, 4) is 0 Å². The summed E-state index contributed by atoms with van der Waals surface area (Å²) in [6.07, 6.45) is 0. The first-order valence-electron chi connectivity index (χ1n) is 7.77. The van der Waals surface area contributed by atoms with Gasteiger partial charge in [-0.1, -0.05) is 23.8 Å². The van der Waals surface area contributed by atoms with E-state index in [0.29, 0.717) is 19.6 Å². The molecule has 0 radical (unpaired) electrons. The quantitative estimate of drug-likeness (QED) is 0.835. The lowest BCUT2D eigenvalue weighted by atomic mass is 10.1. The smallest absolute Gasteiger partial charge is 0.321 e. The Labute approximate surface area is 131 Å². The summed E-state index contributed by atoms with van der Waals surface area (Å²) in [5, 5.41) is 0. The number of aryl methyl sites for hydroxylation is 2. The van der Waals surface area contributed by atoms with Gasteiger partial charge in [0.1, 0.15) is 6.04 Å². The highest BCUT2D eigenvalue weighted by molar-refractivity contribution is 5.89. The van der Waals surface area contributed by atoms with Crippen LogP contribution in [0, 0.1) is 13.8 Å². The third kappa shape index (κ3) is 2.34. The molecule has 0 bridgehead atoms. The molecule has 2 fully saturated rings. The van der Waals surface area contributed by atoms with Crippen molar-refractivity contribution in [2.45, 2.75) is 39.4 Å². The molecule has 2 atom stereocenters. The third-order valence-corrected chi connectivity index (χ3v) is 4.82. The van der Waals surface area contributed by atoms with Gasteiger partial charge in [0.05, 0.1) is 6.04 Å². The first-order valence-corrected chi connectivity index (χ1v) is 7.77. The second-order valence-corrected chi connectivity index (χ2v) is 6.55. The minimum absolute atomic E-state index is 0.0140. The van der Waals surface area contributed by atoms with Crippen molar-refractivity contribution in [2.75, 3.05) is 20.1 Å². The molecule has 2 heterocycles. The SMILES string of the molecule is Cc1ccc(C)c(CN2C[C@@H]3CN(C)C(=O)[C@H](C)N3C2=O)c1. The zero-order valence-corrected chi connectivity index (χ0v) is 13.7. The number of urea groups is 1. The standard InChI is InChI=1S/C17H23N3O2/c1-11-5-6-12(2)14(7-11)8-19-10-15-9-18(4)16(21)13(3)20(15)17(19)22/h5-7,13,15H,8-10H2,1-4H3/t13-,15-/m0/s1. The normalized spacial score (nSPS) is 25.0. The van der Waals surface area contributed by atoms with Crippen LogP contribution < -0.4 is 0 Å². The summed E-state index contributed by atoms with van der Waals surface area (Å²) in [4.78, 5) is 30.1. The molecule has 118 valence electrons. The maximum absolute atomic E-state index is 12.7. The Kier molecular flexibility index (Phi) is 3.59. The number of nitrogens with zero attached hydrogens (tertiary/aromatic N) is 3. The van der Waals surface area contributed by atoms with E-state index in [1.807, 2.05) is 18.9 Å². The summed E-state index contributed by atoms with van der Waals surface area (Å²) in [5.74, 6) is 0.0261. The Balaban J connectivity index is 1.81. The van der Waals surface area contributed by atoms with Gasteiger partial charge in [0.25, 0.3) is 0 Å². The molecule has 1 aromatic carbocycles. The lowest BCUT2D eigenvalue weighted by Crippen LogP contribution is -2.58. The predicted molar refractivity (Wildman–Crippen MR) is 84.4 cm³/mol. The summed E-state index contributed by atoms with van der Waals surface area (Å²) in [5.41, 5.74) is 3.58. The van der Waals surface area contributed by atoms with E-state index in [9.17, 15) is 9.59 Å². The van der Waals surface area contributed by atoms with Crippen LogP contribution in [-0.2, 0) is 11.3 Å². The zero-order chi connectivity index (χ0) is 16.0. The van der Waals surface area contributed by atoms with Crippen molar-refractivity contribution in [3.63, 3.8) is 0 Å². The Morgan fingerprint density at radius 1 is 1.18 bits per heavy atom. The number of likely N-dealkylation sites (N-methyl/N-ethyl adjacent to an activating group) is 1. The molecule has 2 saturated heterocycles. The van der Waals surface area contributed by atoms with Crippen molar-refractivity contribution < 1.29 is 9.59 Å². The molecular formula is C17H23N3O2. The van der Waals surface area contributed by atoms with Crippen LogP contribution in [0.25, 0.3) is 0 Å². The van der Waals surface area contributed by atoms with Gasteiger partial charge in [0, 0.05) is 26.7 Å². The van der Waals surface area contributed by atoms with Gasteiger partial charge in [-0.2, -0.15) is 0 Å². The topological polar surface area (TPSA) is 43.9 Å². The van der Waals surface area contributed by atoms with Gasteiger partial charge < -0.3 is 14.7 Å². The molecule has 22 heavy (non-hydrogen) atoms. The Bertz CT molecular complexity index is 628. The first-order chi connectivity index (χ1) is 10.4. The molecule has 1 aromatic rings. The summed E-state index contributed by atoms with van der Waals surface area (Å²) >= 11 is 0. The molecule has 0 saturated carbocycles. The van der Waals surface area contributed by atoms with Crippen LogP contribution in [0.5, 0.6) is 0 Å². The minimum atomic E-state index is -0.361. The fourth-order valence-corrected chi connectivity index (χ4v) is 3.52. The number of fused-ring (bicyclic) bond motifs is 1. The Hall–Kier alpha value is -2.04. The summed E-state index contributed by atoms with van der Waals surface area (Å²) in [6, 6.07) is 6.05. The molecule has 3 amide bonds. The molecule has 3 rings (SSSR count). The highest BCUT2D eigenvalue weighted by atomic mass is 16.2. The van der Waals surface area contributed by atoms with Crippen LogP contribution in [0.4, 0.5) is 4.79 Å². The highest BCUT2D eigenvalue weighted by Gasteiger charge is 2.46. The van der Waals surface area contributed by atoms with E-state index in [1.54, 1.807) is 9.80 Å². The van der Waals surface area contributed by atoms with Crippen LogP contribution in [0.3, 0.4) is 0 Å². The number of carbonyl (C=O) groups excluding carboxylic acids is 2. The van der Waals surface area contributed by atoms with Gasteiger partial charge in [0.2, 0.25) is 5.91 Å². The molecule has 5 heteroatoms. The Morgan fingerprint density at radius 2 is 1.91 bits per heavy atom. The first kappa shape index (κ1) is 14.9. The molecule has 0 aliphatic carbocycles. The van der Waals surface area contributed by atoms with E-state index in [4.69, 9.17) is 0 Å². The van der Waals surface area contributed by atoms with E-state index in [2.05, 4.69) is 32.0 Å². The molecule has 0 spiro atoms. The summed E-state index contributed by atoms with van der Waals surface area (Å²) < 4.78 is 0. The maximum atomic E-state index is 12.7. The number of amides is 3. The fraction of sp³-hybridized carbons (Fsp3) is 0.529. The van der Waals surface area contributed by atoms with Crippen LogP contribution >= 0.6 is 0 Å². The van der Waals surface area contributed by atoms with Crippen molar-refractivity contribution in [1.29, 1.82) is 0 Å². The highest BCUT2D eigenvalue weighted by Crippen LogP contribution is 2.26. The van der Waals surface area contributed by atoms with Crippen molar-refractivity contribution in [3.05, 3.63) is 34.9 Å². The monoisotopic (exact) mass is 301 g/mol. The molecular weight excluding hydrogens is 278 g/mol. The van der Waals surface area contributed by atoms with Crippen molar-refractivity contribution in [1.82, 2.24) is 14.7 Å². The Morgan fingerprint density at radius 3 is 2.64 bits per heavy atom. The van der Waals surface area contributed by atoms with E-state index in [0.717, 1.165) is 0 Å². The number of rotatable bonds is 2. The van der Waals surface area contributed by atoms with Gasteiger partial charge in [0.15, 0.2) is 0 Å². The molecule has 0 aromatic heterocycles. The van der Waals surface area contributed by atoms with E-state index < -0.39 is 0 Å². The molecule has 0 unspecified atom stereocenters. The molecule has 0 N–H and O–H groups in total. The van der Waals surface area contributed by atoms with Crippen molar-refractivity contribution >= 4 is 11.9 Å². The fourth-order valence-electron chi connectivity index (χ4n) is 3.52. The van der Waals surface area contributed by atoms with Crippen molar-refractivity contribution in [2.24, 2.45) is 0 Å². The molecule has 2 aliphatic heterocycles. The van der Waals surface area contributed by atoms with Gasteiger partial charge in [-0.3, -0.25) is 4.79 Å². The van der Waals surface area contributed by atoms with E-state index in [-0.39, 0.29) is 24.0 Å². The number of benzene rings is 1. The van der Waals surface area contributed by atoms with E-state index in [1.165, 1.54) is 16.7 Å². The average molecular weight is 301 g/mol. The predicted octanol–water partition coefficient (Wildman–Crippen LogP) is 1.77. The van der Waals surface area contributed by atoms with Gasteiger partial charge >= 0.3 is 6.03 Å². The second kappa shape index (κ2) is 5.30. The number of hydrogen-bond donors (Lipinski definition) is 0. The number of piperazine rings is 1. The van der Waals surface area contributed by atoms with Crippen LogP contribution in [-0.4, -0.2) is 58.9 Å². The molecule has 5 nitrogen and oxygen atoms in total. The maximum Gasteiger partial charge on any atom is 0.321 e. The summed E-state index contributed by atoms with van der Waals surface area (Å²) in [6.45, 7) is 7.89. The zero-order valence-electron chi connectivity index (χ0n) is 13.7. The number of carbonyl (C=O) groups is 2. The van der Waals surface area contributed by atoms with Crippen LogP contribution in [0.2, 0.25) is 0 Å².